The van der Waals surface area contributed by atoms with E-state index in [0.717, 1.165) is 58.4 Å². The maximum Gasteiger partial charge on any atom is 0.152 e. The van der Waals surface area contributed by atoms with Crippen molar-refractivity contribution in [2.24, 2.45) is 0 Å². The minimum Gasteiger partial charge on any atom is -0.494 e. The highest BCUT2D eigenvalue weighted by molar-refractivity contribution is 6.00. The molecule has 2 aromatic carbocycles. The van der Waals surface area contributed by atoms with Crippen LogP contribution in [0, 0.1) is 12.7 Å². The smallest absolute Gasteiger partial charge is 0.152 e. The molecule has 0 atom stereocenters. The number of nitrogens with zero attached hydrogens (tertiary/aromatic N) is 2. The van der Waals surface area contributed by atoms with Gasteiger partial charge in [-0.25, -0.2) is 4.39 Å². The lowest BCUT2D eigenvalue weighted by Crippen LogP contribution is -2.08. The van der Waals surface area contributed by atoms with Crippen LogP contribution in [0.15, 0.2) is 60.8 Å². The van der Waals surface area contributed by atoms with Crippen molar-refractivity contribution in [3.05, 3.63) is 94.7 Å². The Morgan fingerprint density at radius 2 is 1.94 bits per heavy atom. The molecule has 0 aliphatic heterocycles. The number of halogens is 1. The largest absolute Gasteiger partial charge is 0.494 e. The number of nitrogens with one attached hydrogen (secondary N) is 1. The minimum absolute atomic E-state index is 0.127. The predicted octanol–water partition coefficient (Wildman–Crippen LogP) is 6.66. The highest BCUT2D eigenvalue weighted by Crippen LogP contribution is 2.33. The first kappa shape index (κ1) is 27.1. The zero-order chi connectivity index (χ0) is 26.1. The molecule has 6 heteroatoms. The monoisotopic (exact) mass is 489 g/mol. The Bertz CT molecular complexity index is 1280. The molecule has 0 saturated heterocycles. The van der Waals surface area contributed by atoms with Gasteiger partial charge in [0.25, 0.3) is 0 Å². The van der Waals surface area contributed by atoms with Crippen molar-refractivity contribution in [2.45, 2.75) is 53.1 Å². The van der Waals surface area contributed by atoms with Gasteiger partial charge in [-0.15, -0.1) is 0 Å². The van der Waals surface area contributed by atoms with Gasteiger partial charge in [0.15, 0.2) is 6.29 Å². The Morgan fingerprint density at radius 3 is 2.56 bits per heavy atom. The van der Waals surface area contributed by atoms with E-state index in [4.69, 9.17) is 4.74 Å². The molecule has 0 fully saturated rings. The van der Waals surface area contributed by atoms with Crippen LogP contribution in [-0.2, 0) is 13.1 Å². The Labute approximate surface area is 213 Å². The van der Waals surface area contributed by atoms with Gasteiger partial charge in [0.1, 0.15) is 11.6 Å². The number of carbonyl (C=O) groups excluding carboxylic acids is 1. The second-order valence-electron chi connectivity index (χ2n) is 9.12. The summed E-state index contributed by atoms with van der Waals surface area (Å²) >= 11 is 0. The molecule has 0 radical (unpaired) electrons. The molecule has 2 heterocycles. The number of rotatable bonds is 9. The third-order valence-electron chi connectivity index (χ3n) is 5.92. The first-order chi connectivity index (χ1) is 17.4. The fourth-order valence-electron chi connectivity index (χ4n) is 4.21. The summed E-state index contributed by atoms with van der Waals surface area (Å²) < 4.78 is 20.9. The average Bonchev–Trinajstić information content (AvgIpc) is 3.19. The molecule has 0 bridgehead atoms. The number of carbonyl (C=O) groups is 1. The maximum atomic E-state index is 12.9. The van der Waals surface area contributed by atoms with Crippen molar-refractivity contribution >= 4 is 17.2 Å². The Kier molecular flexibility index (Phi) is 9.77. The minimum atomic E-state index is -0.127. The summed E-state index contributed by atoms with van der Waals surface area (Å²) in [5.74, 6) is 0.941. The molecule has 2 aromatic heterocycles. The second-order valence-corrected chi connectivity index (χ2v) is 9.12. The van der Waals surface area contributed by atoms with E-state index in [1.807, 2.05) is 49.5 Å². The zero-order valence-corrected chi connectivity index (χ0v) is 21.8. The van der Waals surface area contributed by atoms with Crippen LogP contribution < -0.4 is 10.1 Å². The van der Waals surface area contributed by atoms with Gasteiger partial charge < -0.3 is 14.6 Å². The summed E-state index contributed by atoms with van der Waals surface area (Å²) in [5, 5.41) is 3.93. The normalized spacial score (nSPS) is 10.9. The quantitative estimate of drug-likeness (QED) is 0.267. The number of ether oxygens (including phenoxy) is 1. The van der Waals surface area contributed by atoms with Crippen LogP contribution in [0.3, 0.4) is 0 Å². The number of hydrogen-bond acceptors (Lipinski definition) is 4. The van der Waals surface area contributed by atoms with Crippen LogP contribution in [0.4, 0.5) is 4.39 Å². The topological polar surface area (TPSA) is 56.2 Å². The summed E-state index contributed by atoms with van der Waals surface area (Å²) in [5.41, 5.74) is 5.48. The number of aldehydes is 1. The summed E-state index contributed by atoms with van der Waals surface area (Å²) in [6.45, 7) is 10.1. The van der Waals surface area contributed by atoms with Crippen molar-refractivity contribution in [2.75, 3.05) is 13.7 Å². The standard InChI is InChI=1S/C21H24N2O2.C9H12FN/c1-4-11-25-17-8-9-18-19(14-24)21(15(2)3)23(20(18)12-17)13-16-7-5-6-10-22-16;1-7-3-4-8(6-11-2)5-9(7)10/h5-10,12,14-15H,4,11,13H2,1-3H3;3-5,11H,6H2,1-2H3. The molecule has 4 aromatic rings. The molecule has 4 rings (SSSR count). The van der Waals surface area contributed by atoms with Gasteiger partial charge >= 0.3 is 0 Å². The number of hydrogen-bond donors (Lipinski definition) is 1. The van der Waals surface area contributed by atoms with Crippen molar-refractivity contribution in [3.8, 4) is 5.75 Å². The van der Waals surface area contributed by atoms with E-state index >= 15 is 0 Å². The Morgan fingerprint density at radius 1 is 1.14 bits per heavy atom. The molecule has 1 N–H and O–H groups in total. The Hall–Kier alpha value is -3.51. The van der Waals surface area contributed by atoms with E-state index in [9.17, 15) is 9.18 Å². The molecular weight excluding hydrogens is 453 g/mol. The van der Waals surface area contributed by atoms with E-state index in [1.54, 1.807) is 25.3 Å². The first-order valence-corrected chi connectivity index (χ1v) is 12.4. The van der Waals surface area contributed by atoms with Gasteiger partial charge in [-0.05, 0) is 67.8 Å². The van der Waals surface area contributed by atoms with Crippen LogP contribution in [0.2, 0.25) is 0 Å². The van der Waals surface area contributed by atoms with Gasteiger partial charge in [0, 0.05) is 35.5 Å². The molecule has 0 saturated carbocycles. The van der Waals surface area contributed by atoms with Crippen molar-refractivity contribution in [1.29, 1.82) is 0 Å². The average molecular weight is 490 g/mol. The molecule has 0 aliphatic rings. The maximum absolute atomic E-state index is 12.9. The molecule has 0 amide bonds. The number of benzene rings is 2. The zero-order valence-electron chi connectivity index (χ0n) is 21.8. The number of pyridine rings is 1. The lowest BCUT2D eigenvalue weighted by molar-refractivity contribution is 0.112. The lowest BCUT2D eigenvalue weighted by atomic mass is 10.0. The van der Waals surface area contributed by atoms with Gasteiger partial charge in [-0.1, -0.05) is 39.0 Å². The number of aryl methyl sites for hydroxylation is 1. The van der Waals surface area contributed by atoms with Crippen LogP contribution >= 0.6 is 0 Å². The van der Waals surface area contributed by atoms with E-state index in [0.29, 0.717) is 18.7 Å². The van der Waals surface area contributed by atoms with Gasteiger partial charge in [0.05, 0.1) is 24.4 Å². The molecule has 0 spiro atoms. The van der Waals surface area contributed by atoms with Gasteiger partial charge in [-0.3, -0.25) is 9.78 Å². The third kappa shape index (κ3) is 6.58. The summed E-state index contributed by atoms with van der Waals surface area (Å²) in [7, 11) is 1.85. The second kappa shape index (κ2) is 13.0. The lowest BCUT2D eigenvalue weighted by Gasteiger charge is -2.14. The summed E-state index contributed by atoms with van der Waals surface area (Å²) in [6.07, 6.45) is 3.73. The molecule has 36 heavy (non-hydrogen) atoms. The molecule has 5 nitrogen and oxygen atoms in total. The van der Waals surface area contributed by atoms with Crippen LogP contribution in [0.25, 0.3) is 10.9 Å². The van der Waals surface area contributed by atoms with E-state index in [2.05, 4.69) is 35.6 Å². The van der Waals surface area contributed by atoms with E-state index in [1.165, 1.54) is 0 Å². The first-order valence-electron chi connectivity index (χ1n) is 12.4. The van der Waals surface area contributed by atoms with Crippen molar-refractivity contribution in [3.63, 3.8) is 0 Å². The van der Waals surface area contributed by atoms with E-state index < -0.39 is 0 Å². The van der Waals surface area contributed by atoms with Crippen molar-refractivity contribution in [1.82, 2.24) is 14.9 Å². The van der Waals surface area contributed by atoms with Gasteiger partial charge in [0.2, 0.25) is 0 Å². The van der Waals surface area contributed by atoms with Crippen LogP contribution in [0.5, 0.6) is 5.75 Å². The summed E-state index contributed by atoms with van der Waals surface area (Å²) in [6, 6.07) is 17.2. The molecular formula is C30H36FN3O2. The molecule has 0 unspecified atom stereocenters. The highest BCUT2D eigenvalue weighted by atomic mass is 19.1. The molecule has 190 valence electrons. The fraction of sp³-hybridized carbons (Fsp3) is 0.333. The number of fused-ring (bicyclic) bond motifs is 1. The van der Waals surface area contributed by atoms with E-state index in [-0.39, 0.29) is 11.7 Å². The summed E-state index contributed by atoms with van der Waals surface area (Å²) in [4.78, 5) is 16.3. The fourth-order valence-corrected chi connectivity index (χ4v) is 4.21. The van der Waals surface area contributed by atoms with Crippen LogP contribution in [0.1, 0.15) is 66.0 Å². The van der Waals surface area contributed by atoms with Crippen LogP contribution in [-0.4, -0.2) is 29.5 Å². The van der Waals surface area contributed by atoms with Gasteiger partial charge in [-0.2, -0.15) is 0 Å². The van der Waals surface area contributed by atoms with Crippen molar-refractivity contribution < 1.29 is 13.9 Å². The highest BCUT2D eigenvalue weighted by Gasteiger charge is 2.20. The SMILES string of the molecule is CCCOc1ccc2c(C=O)c(C(C)C)n(Cc3ccccn3)c2c1.CNCc1ccc(C)c(F)c1. The predicted molar refractivity (Wildman–Crippen MR) is 144 cm³/mol. The Balaban J connectivity index is 0.000000275. The molecule has 0 aliphatic carbocycles. The third-order valence-corrected chi connectivity index (χ3v) is 5.92. The number of aromatic nitrogens is 2.